The summed E-state index contributed by atoms with van der Waals surface area (Å²) in [6.07, 6.45) is 5.29. The molecule has 1 aliphatic heterocycles. The molecule has 0 radical (unpaired) electrons. The van der Waals surface area contributed by atoms with Crippen molar-refractivity contribution in [2.75, 3.05) is 32.1 Å². The number of hydrogen-bond donors (Lipinski definition) is 1. The zero-order valence-corrected chi connectivity index (χ0v) is 13.0. The lowest BCUT2D eigenvalue weighted by Crippen LogP contribution is -2.37. The number of anilines is 1. The van der Waals surface area contributed by atoms with Crippen molar-refractivity contribution in [3.63, 3.8) is 0 Å². The highest BCUT2D eigenvalue weighted by Gasteiger charge is 2.25. The van der Waals surface area contributed by atoms with Gasteiger partial charge in [-0.2, -0.15) is 0 Å². The maximum Gasteiger partial charge on any atom is 0.328 e. The van der Waals surface area contributed by atoms with E-state index in [1.807, 2.05) is 6.07 Å². The zero-order chi connectivity index (χ0) is 15.4. The Morgan fingerprint density at radius 3 is 2.86 bits per heavy atom. The second-order valence-electron chi connectivity index (χ2n) is 5.97. The molecule has 1 atom stereocenters. The fourth-order valence-corrected chi connectivity index (χ4v) is 3.04. The van der Waals surface area contributed by atoms with E-state index in [-0.39, 0.29) is 0 Å². The molecule has 1 aliphatic rings. The van der Waals surface area contributed by atoms with Crippen molar-refractivity contribution in [1.29, 1.82) is 0 Å². The topological polar surface area (TPSA) is 43.8 Å². The first kappa shape index (κ1) is 15.6. The van der Waals surface area contributed by atoms with Gasteiger partial charge >= 0.3 is 5.97 Å². The lowest BCUT2D eigenvalue weighted by Gasteiger charge is -2.30. The third-order valence-electron chi connectivity index (χ3n) is 3.90. The average Bonchev–Trinajstić information content (AvgIpc) is 2.83. The summed E-state index contributed by atoms with van der Waals surface area (Å²) >= 11 is 0. The molecule has 0 spiro atoms. The molecule has 1 saturated heterocycles. The van der Waals surface area contributed by atoms with Crippen molar-refractivity contribution in [1.82, 2.24) is 4.90 Å². The first-order valence-corrected chi connectivity index (χ1v) is 7.40. The summed E-state index contributed by atoms with van der Waals surface area (Å²) in [5.41, 5.74) is 3.40. The Morgan fingerprint density at radius 2 is 2.24 bits per heavy atom. The lowest BCUT2D eigenvalue weighted by molar-refractivity contribution is -0.131. The first-order valence-electron chi connectivity index (χ1n) is 7.40. The smallest absolute Gasteiger partial charge is 0.328 e. The van der Waals surface area contributed by atoms with Crippen molar-refractivity contribution >= 4 is 17.7 Å². The monoisotopic (exact) mass is 288 g/mol. The van der Waals surface area contributed by atoms with Gasteiger partial charge in [0.05, 0.1) is 0 Å². The number of carboxylic acids is 1. The molecule has 4 nitrogen and oxygen atoms in total. The number of hydrogen-bond acceptors (Lipinski definition) is 3. The van der Waals surface area contributed by atoms with E-state index in [1.165, 1.54) is 30.2 Å². The number of benzene rings is 1. The van der Waals surface area contributed by atoms with Gasteiger partial charge in [-0.15, -0.1) is 0 Å². The Bertz CT molecular complexity index is 538. The second-order valence-corrected chi connectivity index (χ2v) is 5.97. The molecule has 0 bridgehead atoms. The maximum absolute atomic E-state index is 10.6. The largest absolute Gasteiger partial charge is 0.478 e. The van der Waals surface area contributed by atoms with Gasteiger partial charge in [0, 0.05) is 30.9 Å². The Morgan fingerprint density at radius 1 is 1.48 bits per heavy atom. The maximum atomic E-state index is 10.6. The van der Waals surface area contributed by atoms with Gasteiger partial charge < -0.3 is 14.9 Å². The average molecular weight is 288 g/mol. The van der Waals surface area contributed by atoms with Crippen LogP contribution in [0.25, 0.3) is 6.08 Å². The number of likely N-dealkylation sites (N-methyl/N-ethyl adjacent to an activating group) is 1. The highest BCUT2D eigenvalue weighted by atomic mass is 16.4. The Balaban J connectivity index is 2.18. The molecule has 114 valence electrons. The van der Waals surface area contributed by atoms with Crippen LogP contribution in [0.15, 0.2) is 24.3 Å². The van der Waals surface area contributed by atoms with Crippen molar-refractivity contribution in [2.45, 2.75) is 25.8 Å². The lowest BCUT2D eigenvalue weighted by atomic mass is 10.1. The molecule has 1 unspecified atom stereocenters. The molecule has 1 aromatic rings. The molecule has 1 N–H and O–H groups in total. The molecule has 0 aromatic heterocycles. The van der Waals surface area contributed by atoms with Gasteiger partial charge in [-0.25, -0.2) is 4.79 Å². The highest BCUT2D eigenvalue weighted by Crippen LogP contribution is 2.29. The number of rotatable bonds is 5. The Hall–Kier alpha value is -1.81. The van der Waals surface area contributed by atoms with Gasteiger partial charge in [0.2, 0.25) is 0 Å². The molecule has 2 rings (SSSR count). The SMILES string of the molecule is Cc1cc(C=CC(=O)O)ccc1N1CCCC1CN(C)C. The number of carboxylic acid groups (broad SMARTS) is 1. The fourth-order valence-electron chi connectivity index (χ4n) is 3.04. The molecule has 21 heavy (non-hydrogen) atoms. The van der Waals surface area contributed by atoms with E-state index in [0.717, 1.165) is 18.7 Å². The normalized spacial score (nSPS) is 18.9. The van der Waals surface area contributed by atoms with Crippen LogP contribution >= 0.6 is 0 Å². The third kappa shape index (κ3) is 4.08. The predicted molar refractivity (Wildman–Crippen MR) is 86.8 cm³/mol. The van der Waals surface area contributed by atoms with Crippen LogP contribution in [0.1, 0.15) is 24.0 Å². The minimum Gasteiger partial charge on any atom is -0.478 e. The molecule has 1 heterocycles. The Labute approximate surface area is 126 Å². The number of aliphatic carboxylic acids is 1. The predicted octanol–water partition coefficient (Wildman–Crippen LogP) is 2.62. The van der Waals surface area contributed by atoms with Crippen LogP contribution in [-0.2, 0) is 4.79 Å². The summed E-state index contributed by atoms with van der Waals surface area (Å²) < 4.78 is 0. The number of carbonyl (C=O) groups is 1. The van der Waals surface area contributed by atoms with E-state index >= 15 is 0 Å². The Kier molecular flexibility index (Phi) is 5.02. The summed E-state index contributed by atoms with van der Waals surface area (Å²) in [7, 11) is 4.23. The van der Waals surface area contributed by atoms with Crippen molar-refractivity contribution in [3.8, 4) is 0 Å². The zero-order valence-electron chi connectivity index (χ0n) is 13.0. The van der Waals surface area contributed by atoms with Crippen molar-refractivity contribution < 1.29 is 9.90 Å². The van der Waals surface area contributed by atoms with E-state index < -0.39 is 5.97 Å². The standard InChI is InChI=1S/C17H24N2O2/c1-13-11-14(7-9-17(20)21)6-8-16(13)19-10-4-5-15(19)12-18(2)3/h6-9,11,15H,4-5,10,12H2,1-3H3,(H,20,21). The van der Waals surface area contributed by atoms with Crippen LogP contribution in [0.5, 0.6) is 0 Å². The van der Waals surface area contributed by atoms with Crippen LogP contribution < -0.4 is 4.90 Å². The summed E-state index contributed by atoms with van der Waals surface area (Å²) in [4.78, 5) is 15.3. The third-order valence-corrected chi connectivity index (χ3v) is 3.90. The van der Waals surface area contributed by atoms with E-state index in [1.54, 1.807) is 6.08 Å². The minimum absolute atomic E-state index is 0.569. The molecular formula is C17H24N2O2. The van der Waals surface area contributed by atoms with E-state index in [2.05, 4.69) is 43.0 Å². The summed E-state index contributed by atoms with van der Waals surface area (Å²) in [5, 5.41) is 8.69. The fraction of sp³-hybridized carbons (Fsp3) is 0.471. The quantitative estimate of drug-likeness (QED) is 0.846. The van der Waals surface area contributed by atoms with Crippen LogP contribution in [0.2, 0.25) is 0 Å². The molecule has 0 saturated carbocycles. The van der Waals surface area contributed by atoms with Gasteiger partial charge in [-0.1, -0.05) is 6.07 Å². The minimum atomic E-state index is -0.915. The van der Waals surface area contributed by atoms with Gasteiger partial charge in [0.1, 0.15) is 0 Å². The van der Waals surface area contributed by atoms with Crippen LogP contribution in [-0.4, -0.2) is 49.2 Å². The summed E-state index contributed by atoms with van der Waals surface area (Å²) in [6, 6.07) is 6.73. The van der Waals surface area contributed by atoms with E-state index in [0.29, 0.717) is 6.04 Å². The van der Waals surface area contributed by atoms with Crippen molar-refractivity contribution in [2.24, 2.45) is 0 Å². The molecule has 1 aromatic carbocycles. The number of nitrogens with zero attached hydrogens (tertiary/aromatic N) is 2. The number of aryl methyl sites for hydroxylation is 1. The second kappa shape index (κ2) is 6.76. The van der Waals surface area contributed by atoms with Gasteiger partial charge in [0.25, 0.3) is 0 Å². The van der Waals surface area contributed by atoms with Gasteiger partial charge in [0.15, 0.2) is 0 Å². The van der Waals surface area contributed by atoms with Gasteiger partial charge in [-0.05, 0) is 63.2 Å². The van der Waals surface area contributed by atoms with Crippen LogP contribution in [0, 0.1) is 6.92 Å². The summed E-state index contributed by atoms with van der Waals surface area (Å²) in [5.74, 6) is -0.915. The van der Waals surface area contributed by atoms with Crippen molar-refractivity contribution in [3.05, 3.63) is 35.4 Å². The molecular weight excluding hydrogens is 264 g/mol. The van der Waals surface area contributed by atoms with E-state index in [9.17, 15) is 4.79 Å². The molecule has 0 aliphatic carbocycles. The van der Waals surface area contributed by atoms with E-state index in [4.69, 9.17) is 5.11 Å². The van der Waals surface area contributed by atoms with Crippen LogP contribution in [0.4, 0.5) is 5.69 Å². The molecule has 0 amide bonds. The van der Waals surface area contributed by atoms with Gasteiger partial charge in [-0.3, -0.25) is 0 Å². The molecule has 4 heteroatoms. The summed E-state index contributed by atoms with van der Waals surface area (Å²) in [6.45, 7) is 4.27. The highest BCUT2D eigenvalue weighted by molar-refractivity contribution is 5.85. The molecule has 1 fully saturated rings. The van der Waals surface area contributed by atoms with Crippen LogP contribution in [0.3, 0.4) is 0 Å². The first-order chi connectivity index (χ1) is 9.97.